The fourth-order valence-corrected chi connectivity index (χ4v) is 1.81. The second-order valence-electron chi connectivity index (χ2n) is 4.11. The highest BCUT2D eigenvalue weighted by atomic mass is 16.5. The molecule has 1 atom stereocenters. The van der Waals surface area contributed by atoms with Crippen LogP contribution >= 0.6 is 0 Å². The summed E-state index contributed by atoms with van der Waals surface area (Å²) in [6.45, 7) is 6.83. The van der Waals surface area contributed by atoms with Crippen molar-refractivity contribution in [1.29, 1.82) is 0 Å². The summed E-state index contributed by atoms with van der Waals surface area (Å²) in [5, 5.41) is 0. The Morgan fingerprint density at radius 3 is 2.33 bits per heavy atom. The normalized spacial score (nSPS) is 12.5. The molecule has 0 aromatic rings. The molecular formula is C13H26O2. The zero-order chi connectivity index (χ0) is 11.5. The minimum absolute atomic E-state index is 0.0390. The predicted molar refractivity (Wildman–Crippen MR) is 63.8 cm³/mol. The van der Waals surface area contributed by atoms with Gasteiger partial charge in [-0.2, -0.15) is 0 Å². The third-order valence-corrected chi connectivity index (χ3v) is 2.84. The Bertz CT molecular complexity index is 155. The smallest absolute Gasteiger partial charge is 0.305 e. The van der Waals surface area contributed by atoms with Crippen molar-refractivity contribution in [2.24, 2.45) is 5.92 Å². The average Bonchev–Trinajstić information content (AvgIpc) is 2.23. The molecular weight excluding hydrogens is 188 g/mol. The molecule has 0 N–H and O–H groups in total. The van der Waals surface area contributed by atoms with Gasteiger partial charge in [0.05, 0.1) is 6.61 Å². The summed E-state index contributed by atoms with van der Waals surface area (Å²) in [6.07, 6.45) is 7.90. The van der Waals surface area contributed by atoms with E-state index < -0.39 is 0 Å². The van der Waals surface area contributed by atoms with Crippen molar-refractivity contribution in [3.05, 3.63) is 0 Å². The Kier molecular flexibility index (Phi) is 9.65. The first kappa shape index (κ1) is 14.5. The van der Waals surface area contributed by atoms with Gasteiger partial charge in [-0.15, -0.1) is 0 Å². The topological polar surface area (TPSA) is 26.3 Å². The van der Waals surface area contributed by atoms with Crippen molar-refractivity contribution in [3.8, 4) is 0 Å². The Balaban J connectivity index is 3.49. The molecule has 0 saturated heterocycles. The molecule has 0 amide bonds. The van der Waals surface area contributed by atoms with Crippen LogP contribution in [-0.2, 0) is 9.53 Å². The Morgan fingerprint density at radius 2 is 1.80 bits per heavy atom. The van der Waals surface area contributed by atoms with Gasteiger partial charge in [-0.25, -0.2) is 0 Å². The average molecular weight is 214 g/mol. The number of hydrogen-bond acceptors (Lipinski definition) is 2. The lowest BCUT2D eigenvalue weighted by atomic mass is 9.94. The fourth-order valence-electron chi connectivity index (χ4n) is 1.81. The van der Waals surface area contributed by atoms with Crippen molar-refractivity contribution in [2.75, 3.05) is 6.61 Å². The quantitative estimate of drug-likeness (QED) is 0.543. The van der Waals surface area contributed by atoms with Crippen LogP contribution in [0.3, 0.4) is 0 Å². The summed E-state index contributed by atoms with van der Waals surface area (Å²) >= 11 is 0. The van der Waals surface area contributed by atoms with E-state index in [-0.39, 0.29) is 5.97 Å². The second-order valence-corrected chi connectivity index (χ2v) is 4.11. The molecule has 0 aromatic carbocycles. The van der Waals surface area contributed by atoms with E-state index in [9.17, 15) is 4.79 Å². The standard InChI is InChI=1S/C13H26O2/c1-4-7-9-12(5-2)10-8-11-13(14)15-6-3/h12H,4-11H2,1-3H3. The van der Waals surface area contributed by atoms with Crippen molar-refractivity contribution in [2.45, 2.75) is 65.7 Å². The van der Waals surface area contributed by atoms with Gasteiger partial charge in [-0.1, -0.05) is 39.5 Å². The molecule has 0 rings (SSSR count). The molecule has 0 spiro atoms. The summed E-state index contributed by atoms with van der Waals surface area (Å²) < 4.78 is 4.90. The van der Waals surface area contributed by atoms with Crippen LogP contribution in [0, 0.1) is 5.92 Å². The number of carbonyl (C=O) groups excluding carboxylic acids is 1. The number of esters is 1. The third kappa shape index (κ3) is 8.46. The second kappa shape index (κ2) is 10.0. The van der Waals surface area contributed by atoms with E-state index in [1.807, 2.05) is 6.92 Å². The van der Waals surface area contributed by atoms with E-state index in [1.54, 1.807) is 0 Å². The van der Waals surface area contributed by atoms with E-state index in [0.29, 0.717) is 13.0 Å². The van der Waals surface area contributed by atoms with E-state index in [1.165, 1.54) is 32.1 Å². The van der Waals surface area contributed by atoms with Crippen molar-refractivity contribution >= 4 is 5.97 Å². The first-order valence-corrected chi connectivity index (χ1v) is 6.40. The SMILES string of the molecule is CCCCC(CC)CCCC(=O)OCC. The molecule has 0 bridgehead atoms. The third-order valence-electron chi connectivity index (χ3n) is 2.84. The van der Waals surface area contributed by atoms with E-state index in [4.69, 9.17) is 4.74 Å². The van der Waals surface area contributed by atoms with Crippen LogP contribution < -0.4 is 0 Å². The van der Waals surface area contributed by atoms with Crippen LogP contribution in [0.2, 0.25) is 0 Å². The molecule has 0 saturated carbocycles. The summed E-state index contributed by atoms with van der Waals surface area (Å²) in [5.41, 5.74) is 0. The molecule has 90 valence electrons. The summed E-state index contributed by atoms with van der Waals surface area (Å²) in [6, 6.07) is 0. The first-order chi connectivity index (χ1) is 7.24. The number of rotatable bonds is 9. The number of unbranched alkanes of at least 4 members (excludes halogenated alkanes) is 1. The Morgan fingerprint density at radius 1 is 1.13 bits per heavy atom. The Labute approximate surface area is 94.4 Å². The maximum atomic E-state index is 11.1. The van der Waals surface area contributed by atoms with E-state index in [0.717, 1.165) is 12.3 Å². The molecule has 0 aliphatic rings. The van der Waals surface area contributed by atoms with Gasteiger partial charge in [0, 0.05) is 6.42 Å². The van der Waals surface area contributed by atoms with E-state index >= 15 is 0 Å². The van der Waals surface area contributed by atoms with Gasteiger partial charge in [0.1, 0.15) is 0 Å². The van der Waals surface area contributed by atoms with Gasteiger partial charge in [-0.05, 0) is 25.7 Å². The van der Waals surface area contributed by atoms with Gasteiger partial charge in [0.2, 0.25) is 0 Å². The Hall–Kier alpha value is -0.530. The highest BCUT2D eigenvalue weighted by Gasteiger charge is 2.07. The minimum atomic E-state index is -0.0390. The van der Waals surface area contributed by atoms with Gasteiger partial charge in [-0.3, -0.25) is 4.79 Å². The number of hydrogen-bond donors (Lipinski definition) is 0. The van der Waals surface area contributed by atoms with Gasteiger partial charge in [0.25, 0.3) is 0 Å². The molecule has 0 aromatic heterocycles. The summed E-state index contributed by atoms with van der Waals surface area (Å²) in [7, 11) is 0. The van der Waals surface area contributed by atoms with E-state index in [2.05, 4.69) is 13.8 Å². The van der Waals surface area contributed by atoms with Gasteiger partial charge < -0.3 is 4.74 Å². The molecule has 0 aliphatic carbocycles. The molecule has 2 nitrogen and oxygen atoms in total. The molecule has 0 radical (unpaired) electrons. The lowest BCUT2D eigenvalue weighted by Crippen LogP contribution is -2.05. The zero-order valence-corrected chi connectivity index (χ0v) is 10.6. The van der Waals surface area contributed by atoms with Gasteiger partial charge in [0.15, 0.2) is 0 Å². The molecule has 1 unspecified atom stereocenters. The largest absolute Gasteiger partial charge is 0.466 e. The minimum Gasteiger partial charge on any atom is -0.466 e. The maximum Gasteiger partial charge on any atom is 0.305 e. The van der Waals surface area contributed by atoms with Crippen molar-refractivity contribution < 1.29 is 9.53 Å². The molecule has 0 fully saturated rings. The van der Waals surface area contributed by atoms with Crippen molar-refractivity contribution in [1.82, 2.24) is 0 Å². The highest BCUT2D eigenvalue weighted by molar-refractivity contribution is 5.69. The van der Waals surface area contributed by atoms with Crippen LogP contribution in [0.1, 0.15) is 65.7 Å². The maximum absolute atomic E-state index is 11.1. The first-order valence-electron chi connectivity index (χ1n) is 6.40. The predicted octanol–water partition coefficient (Wildman–Crippen LogP) is 3.94. The molecule has 0 heterocycles. The lowest BCUT2D eigenvalue weighted by Gasteiger charge is -2.13. The summed E-state index contributed by atoms with van der Waals surface area (Å²) in [4.78, 5) is 11.1. The van der Waals surface area contributed by atoms with Crippen LogP contribution in [0.4, 0.5) is 0 Å². The zero-order valence-electron chi connectivity index (χ0n) is 10.6. The monoisotopic (exact) mass is 214 g/mol. The molecule has 15 heavy (non-hydrogen) atoms. The highest BCUT2D eigenvalue weighted by Crippen LogP contribution is 2.19. The van der Waals surface area contributed by atoms with Crippen molar-refractivity contribution in [3.63, 3.8) is 0 Å². The van der Waals surface area contributed by atoms with Crippen LogP contribution in [0.15, 0.2) is 0 Å². The van der Waals surface area contributed by atoms with Crippen LogP contribution in [-0.4, -0.2) is 12.6 Å². The fraction of sp³-hybridized carbons (Fsp3) is 0.923. The van der Waals surface area contributed by atoms with Gasteiger partial charge >= 0.3 is 5.97 Å². The molecule has 0 aliphatic heterocycles. The lowest BCUT2D eigenvalue weighted by molar-refractivity contribution is -0.143. The summed E-state index contributed by atoms with van der Waals surface area (Å²) in [5.74, 6) is 0.766. The number of ether oxygens (including phenoxy) is 1. The van der Waals surface area contributed by atoms with Crippen LogP contribution in [0.5, 0.6) is 0 Å². The van der Waals surface area contributed by atoms with Crippen LogP contribution in [0.25, 0.3) is 0 Å². The number of carbonyl (C=O) groups is 1. The molecule has 2 heteroatoms.